The third kappa shape index (κ3) is 3.36. The van der Waals surface area contributed by atoms with E-state index in [2.05, 4.69) is 22.0 Å². The van der Waals surface area contributed by atoms with Gasteiger partial charge in [-0.3, -0.25) is 4.79 Å². The average Bonchev–Trinajstić information content (AvgIpc) is 2.82. The van der Waals surface area contributed by atoms with Crippen LogP contribution in [0.5, 0.6) is 0 Å². The standard InChI is InChI=1S/C14H20N2O3S/c1-8-5-4-6-10(7-8)15-14-16-11(13(18)19-3)12(20-14)9(2)17/h8,10H,4-7H2,1-3H3,(H,15,16). The molecule has 5 nitrogen and oxygen atoms in total. The number of anilines is 1. The Labute approximate surface area is 122 Å². The summed E-state index contributed by atoms with van der Waals surface area (Å²) in [6.07, 6.45) is 4.67. The molecule has 0 aromatic carbocycles. The second-order valence-electron chi connectivity index (χ2n) is 5.36. The number of methoxy groups -OCH3 is 1. The van der Waals surface area contributed by atoms with Crippen LogP contribution in [-0.4, -0.2) is 29.9 Å². The second kappa shape index (κ2) is 6.35. The first-order chi connectivity index (χ1) is 9.51. The van der Waals surface area contributed by atoms with E-state index in [1.54, 1.807) is 0 Å². The molecule has 110 valence electrons. The number of nitrogens with zero attached hydrogens (tertiary/aromatic N) is 1. The van der Waals surface area contributed by atoms with Crippen molar-refractivity contribution in [3.05, 3.63) is 10.6 Å². The molecule has 1 saturated carbocycles. The number of ether oxygens (including phenoxy) is 1. The summed E-state index contributed by atoms with van der Waals surface area (Å²) in [5.74, 6) is -0.0157. The lowest BCUT2D eigenvalue weighted by Gasteiger charge is -2.27. The summed E-state index contributed by atoms with van der Waals surface area (Å²) in [6.45, 7) is 3.68. The van der Waals surface area contributed by atoms with E-state index in [9.17, 15) is 9.59 Å². The van der Waals surface area contributed by atoms with Crippen molar-refractivity contribution in [3.63, 3.8) is 0 Å². The largest absolute Gasteiger partial charge is 0.464 e. The van der Waals surface area contributed by atoms with Crippen molar-refractivity contribution < 1.29 is 14.3 Å². The van der Waals surface area contributed by atoms with Gasteiger partial charge in [-0.05, 0) is 18.8 Å². The maximum absolute atomic E-state index is 11.6. The van der Waals surface area contributed by atoms with E-state index in [0.717, 1.165) is 12.8 Å². The zero-order chi connectivity index (χ0) is 14.7. The summed E-state index contributed by atoms with van der Waals surface area (Å²) >= 11 is 1.23. The molecule has 0 saturated heterocycles. The Balaban J connectivity index is 2.16. The minimum atomic E-state index is -0.559. The summed E-state index contributed by atoms with van der Waals surface area (Å²) in [7, 11) is 1.29. The minimum Gasteiger partial charge on any atom is -0.464 e. The zero-order valence-corrected chi connectivity index (χ0v) is 12.9. The number of ketones is 1. The first-order valence-electron chi connectivity index (χ1n) is 6.88. The number of carbonyl (C=O) groups excluding carboxylic acids is 2. The molecule has 0 amide bonds. The highest BCUT2D eigenvalue weighted by molar-refractivity contribution is 7.17. The molecular weight excluding hydrogens is 276 g/mol. The summed E-state index contributed by atoms with van der Waals surface area (Å²) in [5.41, 5.74) is 0.122. The van der Waals surface area contributed by atoms with Crippen LogP contribution in [0.15, 0.2) is 0 Å². The number of hydrogen-bond donors (Lipinski definition) is 1. The molecule has 0 spiro atoms. The van der Waals surface area contributed by atoms with Crippen LogP contribution < -0.4 is 5.32 Å². The molecule has 1 aliphatic rings. The quantitative estimate of drug-likeness (QED) is 0.683. The number of rotatable bonds is 4. The van der Waals surface area contributed by atoms with Crippen molar-refractivity contribution in [2.45, 2.75) is 45.6 Å². The highest BCUT2D eigenvalue weighted by Gasteiger charge is 2.24. The minimum absolute atomic E-state index is 0.122. The predicted octanol–water partition coefficient (Wildman–Crippen LogP) is 3.12. The Kier molecular flexibility index (Phi) is 4.75. The number of Topliss-reactive ketones (excluding diaryl/α,β-unsaturated/α-hetero) is 1. The van der Waals surface area contributed by atoms with Gasteiger partial charge in [0, 0.05) is 13.0 Å². The van der Waals surface area contributed by atoms with Gasteiger partial charge >= 0.3 is 5.97 Å². The molecule has 6 heteroatoms. The van der Waals surface area contributed by atoms with Crippen LogP contribution >= 0.6 is 11.3 Å². The van der Waals surface area contributed by atoms with Crippen LogP contribution in [0.25, 0.3) is 0 Å². The summed E-state index contributed by atoms with van der Waals surface area (Å²) in [5, 5.41) is 3.99. The lowest BCUT2D eigenvalue weighted by atomic mass is 9.87. The summed E-state index contributed by atoms with van der Waals surface area (Å²) in [6, 6.07) is 0.371. The maximum Gasteiger partial charge on any atom is 0.358 e. The first-order valence-corrected chi connectivity index (χ1v) is 7.69. The second-order valence-corrected chi connectivity index (χ2v) is 6.36. The van der Waals surface area contributed by atoms with Gasteiger partial charge in [0.2, 0.25) is 0 Å². The van der Waals surface area contributed by atoms with Crippen molar-refractivity contribution in [2.75, 3.05) is 12.4 Å². The monoisotopic (exact) mass is 296 g/mol. The molecule has 2 unspecified atom stereocenters. The van der Waals surface area contributed by atoms with E-state index in [-0.39, 0.29) is 11.5 Å². The molecule has 1 aromatic heterocycles. The number of thiazole rings is 1. The fourth-order valence-corrected chi connectivity index (χ4v) is 3.52. The zero-order valence-electron chi connectivity index (χ0n) is 12.1. The van der Waals surface area contributed by atoms with Crippen molar-refractivity contribution >= 4 is 28.2 Å². The van der Waals surface area contributed by atoms with E-state index in [4.69, 9.17) is 0 Å². The fourth-order valence-electron chi connectivity index (χ4n) is 2.60. The van der Waals surface area contributed by atoms with E-state index >= 15 is 0 Å². The van der Waals surface area contributed by atoms with E-state index < -0.39 is 5.97 Å². The molecule has 20 heavy (non-hydrogen) atoms. The van der Waals surface area contributed by atoms with Gasteiger partial charge in [0.05, 0.1) is 7.11 Å². The van der Waals surface area contributed by atoms with Crippen molar-refractivity contribution in [2.24, 2.45) is 5.92 Å². The third-order valence-electron chi connectivity index (χ3n) is 3.59. The van der Waals surface area contributed by atoms with Crippen LogP contribution in [0, 0.1) is 5.92 Å². The van der Waals surface area contributed by atoms with Crippen molar-refractivity contribution in [1.29, 1.82) is 0 Å². The molecule has 2 rings (SSSR count). The number of hydrogen-bond acceptors (Lipinski definition) is 6. The molecule has 1 heterocycles. The Bertz CT molecular complexity index is 513. The Morgan fingerprint density at radius 3 is 2.75 bits per heavy atom. The van der Waals surface area contributed by atoms with E-state index in [1.165, 1.54) is 38.2 Å². The lowest BCUT2D eigenvalue weighted by Crippen LogP contribution is -2.26. The number of nitrogens with one attached hydrogen (secondary N) is 1. The van der Waals surface area contributed by atoms with Crippen LogP contribution in [-0.2, 0) is 4.74 Å². The first kappa shape index (κ1) is 15.0. The van der Waals surface area contributed by atoms with Gasteiger partial charge in [0.25, 0.3) is 0 Å². The lowest BCUT2D eigenvalue weighted by molar-refractivity contribution is 0.0591. The Morgan fingerprint density at radius 2 is 2.15 bits per heavy atom. The summed E-state index contributed by atoms with van der Waals surface area (Å²) < 4.78 is 4.67. The Morgan fingerprint density at radius 1 is 1.40 bits per heavy atom. The van der Waals surface area contributed by atoms with Crippen LogP contribution in [0.4, 0.5) is 5.13 Å². The highest BCUT2D eigenvalue weighted by Crippen LogP contribution is 2.29. The molecular formula is C14H20N2O3S. The number of carbonyl (C=O) groups is 2. The van der Waals surface area contributed by atoms with E-state index in [0.29, 0.717) is 22.0 Å². The Hall–Kier alpha value is -1.43. The topological polar surface area (TPSA) is 68.3 Å². The molecule has 2 atom stereocenters. The molecule has 1 aromatic rings. The molecule has 1 fully saturated rings. The van der Waals surface area contributed by atoms with Gasteiger partial charge < -0.3 is 10.1 Å². The van der Waals surface area contributed by atoms with Crippen LogP contribution in [0.3, 0.4) is 0 Å². The maximum atomic E-state index is 11.6. The van der Waals surface area contributed by atoms with Crippen LogP contribution in [0.1, 0.15) is 59.7 Å². The predicted molar refractivity (Wildman–Crippen MR) is 78.5 cm³/mol. The van der Waals surface area contributed by atoms with Crippen molar-refractivity contribution in [3.8, 4) is 0 Å². The van der Waals surface area contributed by atoms with Gasteiger partial charge in [-0.25, -0.2) is 9.78 Å². The number of aromatic nitrogens is 1. The SMILES string of the molecule is COC(=O)c1nc(NC2CCCC(C)C2)sc1C(C)=O. The molecule has 1 N–H and O–H groups in total. The number of esters is 1. The van der Waals surface area contributed by atoms with E-state index in [1.807, 2.05) is 0 Å². The average molecular weight is 296 g/mol. The third-order valence-corrected chi connectivity index (χ3v) is 4.68. The van der Waals surface area contributed by atoms with Gasteiger partial charge in [0.1, 0.15) is 4.88 Å². The highest BCUT2D eigenvalue weighted by atomic mass is 32.1. The van der Waals surface area contributed by atoms with Crippen LogP contribution in [0.2, 0.25) is 0 Å². The van der Waals surface area contributed by atoms with Gasteiger partial charge in [-0.15, -0.1) is 0 Å². The van der Waals surface area contributed by atoms with Gasteiger partial charge in [-0.2, -0.15) is 0 Å². The van der Waals surface area contributed by atoms with Gasteiger partial charge in [-0.1, -0.05) is 31.1 Å². The molecule has 0 radical (unpaired) electrons. The fraction of sp³-hybridized carbons (Fsp3) is 0.643. The van der Waals surface area contributed by atoms with Gasteiger partial charge in [0.15, 0.2) is 16.6 Å². The molecule has 0 aliphatic heterocycles. The smallest absolute Gasteiger partial charge is 0.358 e. The van der Waals surface area contributed by atoms with Crippen molar-refractivity contribution in [1.82, 2.24) is 4.98 Å². The molecule has 1 aliphatic carbocycles. The summed E-state index contributed by atoms with van der Waals surface area (Å²) in [4.78, 5) is 27.8. The molecule has 0 bridgehead atoms. The normalized spacial score (nSPS) is 22.4.